The second-order valence-corrected chi connectivity index (χ2v) is 6.45. The van der Waals surface area contributed by atoms with Crippen molar-refractivity contribution in [3.63, 3.8) is 0 Å². The molecule has 104 valence electrons. The number of carbonyl (C=O) groups excluding carboxylic acids is 1. The first-order valence-electron chi connectivity index (χ1n) is 7.72. The van der Waals surface area contributed by atoms with Crippen molar-refractivity contribution in [3.05, 3.63) is 0 Å². The maximum absolute atomic E-state index is 12.0. The van der Waals surface area contributed by atoms with Crippen LogP contribution in [-0.2, 0) is 0 Å². The van der Waals surface area contributed by atoms with Crippen molar-refractivity contribution in [1.82, 2.24) is 10.6 Å². The maximum atomic E-state index is 12.0. The minimum absolute atomic E-state index is 0.0628. The van der Waals surface area contributed by atoms with Gasteiger partial charge in [0.1, 0.15) is 0 Å². The molecule has 0 heterocycles. The molecule has 0 radical (unpaired) electrons. The van der Waals surface area contributed by atoms with Gasteiger partial charge in [-0.15, -0.1) is 0 Å². The van der Waals surface area contributed by atoms with Crippen LogP contribution in [-0.4, -0.2) is 18.1 Å². The fraction of sp³-hybridized carbons (Fsp3) is 0.933. The lowest BCUT2D eigenvalue weighted by Gasteiger charge is -2.32. The summed E-state index contributed by atoms with van der Waals surface area (Å²) in [4.78, 5) is 12.0. The van der Waals surface area contributed by atoms with Crippen molar-refractivity contribution < 1.29 is 4.79 Å². The molecule has 4 unspecified atom stereocenters. The third-order valence-corrected chi connectivity index (χ3v) is 4.70. The smallest absolute Gasteiger partial charge is 0.315 e. The number of hydrogen-bond donors (Lipinski definition) is 2. The molecule has 2 fully saturated rings. The molecule has 2 aliphatic rings. The first kappa shape index (κ1) is 13.7. The standard InChI is InChI=1S/C15H28N2O/c1-11-6-5-8-13(10-11)16-15(18)17-14-9-4-3-7-12(14)2/h11-14H,3-10H2,1-2H3,(H2,16,17,18). The molecule has 2 amide bonds. The molecule has 2 N–H and O–H groups in total. The van der Waals surface area contributed by atoms with Gasteiger partial charge in [-0.2, -0.15) is 0 Å². The van der Waals surface area contributed by atoms with Crippen LogP contribution in [0, 0.1) is 11.8 Å². The molecule has 0 aromatic heterocycles. The average molecular weight is 252 g/mol. The molecule has 3 nitrogen and oxygen atoms in total. The van der Waals surface area contributed by atoms with Gasteiger partial charge >= 0.3 is 6.03 Å². The fourth-order valence-corrected chi connectivity index (χ4v) is 3.49. The molecule has 2 aliphatic carbocycles. The SMILES string of the molecule is CC1CCCC(NC(=O)NC2CCCCC2C)C1. The van der Waals surface area contributed by atoms with E-state index in [1.54, 1.807) is 0 Å². The minimum atomic E-state index is 0.0628. The minimum Gasteiger partial charge on any atom is -0.335 e. The Kier molecular flexibility index (Phi) is 4.90. The first-order valence-corrected chi connectivity index (χ1v) is 7.72. The highest BCUT2D eigenvalue weighted by molar-refractivity contribution is 5.74. The number of rotatable bonds is 2. The summed E-state index contributed by atoms with van der Waals surface area (Å²) in [7, 11) is 0. The van der Waals surface area contributed by atoms with Crippen molar-refractivity contribution in [2.75, 3.05) is 0 Å². The van der Waals surface area contributed by atoms with Crippen molar-refractivity contribution in [2.45, 2.75) is 77.3 Å². The van der Waals surface area contributed by atoms with E-state index in [0.29, 0.717) is 18.0 Å². The molecule has 0 bridgehead atoms. The van der Waals surface area contributed by atoms with Crippen LogP contribution < -0.4 is 10.6 Å². The predicted octanol–water partition coefficient (Wildman–Crippen LogP) is 3.44. The highest BCUT2D eigenvalue weighted by Crippen LogP contribution is 2.25. The van der Waals surface area contributed by atoms with E-state index in [2.05, 4.69) is 24.5 Å². The van der Waals surface area contributed by atoms with Gasteiger partial charge in [-0.25, -0.2) is 4.79 Å². The Hall–Kier alpha value is -0.730. The lowest BCUT2D eigenvalue weighted by atomic mass is 9.86. The molecular weight excluding hydrogens is 224 g/mol. The van der Waals surface area contributed by atoms with Crippen molar-refractivity contribution in [1.29, 1.82) is 0 Å². The molecule has 2 saturated carbocycles. The summed E-state index contributed by atoms with van der Waals surface area (Å²) in [5.74, 6) is 1.40. The maximum Gasteiger partial charge on any atom is 0.315 e. The molecule has 0 spiro atoms. The number of carbonyl (C=O) groups is 1. The molecule has 0 aromatic rings. The highest BCUT2D eigenvalue weighted by Gasteiger charge is 2.25. The van der Waals surface area contributed by atoms with E-state index in [9.17, 15) is 4.79 Å². The van der Waals surface area contributed by atoms with Gasteiger partial charge in [0.25, 0.3) is 0 Å². The molecule has 0 aromatic carbocycles. The Balaban J connectivity index is 1.74. The van der Waals surface area contributed by atoms with Crippen molar-refractivity contribution in [2.24, 2.45) is 11.8 Å². The summed E-state index contributed by atoms with van der Waals surface area (Å²) in [6.45, 7) is 4.54. The van der Waals surface area contributed by atoms with Crippen molar-refractivity contribution >= 4 is 6.03 Å². The van der Waals surface area contributed by atoms with Crippen molar-refractivity contribution in [3.8, 4) is 0 Å². The lowest BCUT2D eigenvalue weighted by molar-refractivity contribution is 0.211. The number of nitrogens with one attached hydrogen (secondary N) is 2. The normalized spacial score (nSPS) is 37.0. The molecule has 0 saturated heterocycles. The van der Waals surface area contributed by atoms with Gasteiger partial charge in [-0.1, -0.05) is 39.5 Å². The van der Waals surface area contributed by atoms with Crippen LogP contribution in [0.2, 0.25) is 0 Å². The van der Waals surface area contributed by atoms with Crippen LogP contribution in [0.15, 0.2) is 0 Å². The van der Waals surface area contributed by atoms with Gasteiger partial charge in [0, 0.05) is 12.1 Å². The van der Waals surface area contributed by atoms with E-state index in [0.717, 1.165) is 25.2 Å². The Labute approximate surface area is 111 Å². The summed E-state index contributed by atoms with van der Waals surface area (Å²) in [5.41, 5.74) is 0. The van der Waals surface area contributed by atoms with Gasteiger partial charge in [0.15, 0.2) is 0 Å². The second-order valence-electron chi connectivity index (χ2n) is 6.45. The van der Waals surface area contributed by atoms with Gasteiger partial charge in [0.05, 0.1) is 0 Å². The van der Waals surface area contributed by atoms with Crippen LogP contribution in [0.25, 0.3) is 0 Å². The highest BCUT2D eigenvalue weighted by atomic mass is 16.2. The fourth-order valence-electron chi connectivity index (χ4n) is 3.49. The summed E-state index contributed by atoms with van der Waals surface area (Å²) in [6, 6.07) is 0.847. The van der Waals surface area contributed by atoms with Gasteiger partial charge in [0.2, 0.25) is 0 Å². The summed E-state index contributed by atoms with van der Waals surface area (Å²) < 4.78 is 0. The molecule has 3 heteroatoms. The van der Waals surface area contributed by atoms with Crippen LogP contribution in [0.5, 0.6) is 0 Å². The van der Waals surface area contributed by atoms with Gasteiger partial charge < -0.3 is 10.6 Å². The zero-order valence-corrected chi connectivity index (χ0v) is 11.9. The van der Waals surface area contributed by atoms with Crippen LogP contribution in [0.3, 0.4) is 0 Å². The monoisotopic (exact) mass is 252 g/mol. The van der Waals surface area contributed by atoms with E-state index >= 15 is 0 Å². The molecule has 4 atom stereocenters. The van der Waals surface area contributed by atoms with E-state index in [4.69, 9.17) is 0 Å². The number of hydrogen-bond acceptors (Lipinski definition) is 1. The zero-order chi connectivity index (χ0) is 13.0. The Bertz CT molecular complexity index is 280. The van der Waals surface area contributed by atoms with E-state index in [1.165, 1.54) is 32.1 Å². The first-order chi connectivity index (χ1) is 8.65. The third kappa shape index (κ3) is 3.89. The van der Waals surface area contributed by atoms with Gasteiger partial charge in [-0.3, -0.25) is 0 Å². The van der Waals surface area contributed by atoms with Crippen LogP contribution >= 0.6 is 0 Å². The summed E-state index contributed by atoms with van der Waals surface area (Å²) >= 11 is 0. The van der Waals surface area contributed by atoms with Crippen LogP contribution in [0.1, 0.15) is 65.2 Å². The zero-order valence-electron chi connectivity index (χ0n) is 11.9. The average Bonchev–Trinajstić information content (AvgIpc) is 2.32. The van der Waals surface area contributed by atoms with Gasteiger partial charge in [-0.05, 0) is 37.5 Å². The van der Waals surface area contributed by atoms with E-state index in [-0.39, 0.29) is 6.03 Å². The molecular formula is C15H28N2O. The topological polar surface area (TPSA) is 41.1 Å². The molecule has 18 heavy (non-hydrogen) atoms. The predicted molar refractivity (Wildman–Crippen MR) is 74.5 cm³/mol. The third-order valence-electron chi connectivity index (χ3n) is 4.70. The lowest BCUT2D eigenvalue weighted by Crippen LogP contribution is -2.49. The Morgan fingerprint density at radius 3 is 2.44 bits per heavy atom. The largest absolute Gasteiger partial charge is 0.335 e. The Morgan fingerprint density at radius 1 is 0.944 bits per heavy atom. The van der Waals surface area contributed by atoms with E-state index < -0.39 is 0 Å². The van der Waals surface area contributed by atoms with Crippen LogP contribution in [0.4, 0.5) is 4.79 Å². The quantitative estimate of drug-likeness (QED) is 0.776. The molecule has 0 aliphatic heterocycles. The second kappa shape index (κ2) is 6.44. The summed E-state index contributed by atoms with van der Waals surface area (Å²) in [6.07, 6.45) is 9.86. The summed E-state index contributed by atoms with van der Waals surface area (Å²) in [5, 5.41) is 6.35. The van der Waals surface area contributed by atoms with E-state index in [1.807, 2.05) is 0 Å². The number of urea groups is 1. The Morgan fingerprint density at radius 2 is 1.72 bits per heavy atom. The molecule has 2 rings (SSSR count). The number of amides is 2.